The molecule has 142 valence electrons. The number of carbonyl (C=O) groups excluding carboxylic acids is 1. The number of aromatic nitrogens is 4. The number of piperazine rings is 1. The average Bonchev–Trinajstić information content (AvgIpc) is 2.74. The quantitative estimate of drug-likeness (QED) is 0.691. The minimum atomic E-state index is -0.0975. The number of carbonyl (C=O) groups is 1. The van der Waals surface area contributed by atoms with Crippen molar-refractivity contribution in [3.8, 4) is 11.6 Å². The zero-order chi connectivity index (χ0) is 19.3. The molecule has 8 heteroatoms. The van der Waals surface area contributed by atoms with E-state index in [1.165, 1.54) is 12.4 Å². The maximum Gasteiger partial charge on any atom is 0.274 e. The van der Waals surface area contributed by atoms with E-state index in [0.29, 0.717) is 43.6 Å². The van der Waals surface area contributed by atoms with Gasteiger partial charge in [0.25, 0.3) is 5.91 Å². The van der Waals surface area contributed by atoms with Crippen molar-refractivity contribution < 1.29 is 9.53 Å². The van der Waals surface area contributed by atoms with Gasteiger partial charge in [-0.05, 0) is 19.1 Å². The van der Waals surface area contributed by atoms with E-state index in [9.17, 15) is 4.79 Å². The Labute approximate surface area is 162 Å². The predicted molar refractivity (Wildman–Crippen MR) is 103 cm³/mol. The van der Waals surface area contributed by atoms with Crippen molar-refractivity contribution in [1.82, 2.24) is 24.8 Å². The van der Waals surface area contributed by atoms with Crippen molar-refractivity contribution in [2.24, 2.45) is 0 Å². The highest BCUT2D eigenvalue weighted by atomic mass is 16.5. The molecule has 1 aliphatic rings. The third kappa shape index (κ3) is 4.06. The summed E-state index contributed by atoms with van der Waals surface area (Å²) in [4.78, 5) is 33.4. The highest BCUT2D eigenvalue weighted by molar-refractivity contribution is 5.92. The second-order valence-electron chi connectivity index (χ2n) is 6.40. The Bertz CT molecular complexity index is 943. The van der Waals surface area contributed by atoms with E-state index in [2.05, 4.69) is 24.8 Å². The smallest absolute Gasteiger partial charge is 0.274 e. The van der Waals surface area contributed by atoms with Crippen LogP contribution in [0.25, 0.3) is 0 Å². The molecule has 0 atom stereocenters. The van der Waals surface area contributed by atoms with Gasteiger partial charge in [-0.2, -0.15) is 4.98 Å². The first kappa shape index (κ1) is 17.8. The Morgan fingerprint density at radius 3 is 2.54 bits per heavy atom. The van der Waals surface area contributed by atoms with Crippen LogP contribution in [-0.2, 0) is 0 Å². The predicted octanol–water partition coefficient (Wildman–Crippen LogP) is 2.33. The Morgan fingerprint density at radius 1 is 1.04 bits per heavy atom. The maximum atomic E-state index is 12.5. The van der Waals surface area contributed by atoms with Crippen molar-refractivity contribution >= 4 is 11.7 Å². The minimum Gasteiger partial charge on any atom is -0.439 e. The summed E-state index contributed by atoms with van der Waals surface area (Å²) in [5, 5.41) is 0. The van der Waals surface area contributed by atoms with E-state index in [1.54, 1.807) is 11.1 Å². The van der Waals surface area contributed by atoms with Crippen molar-refractivity contribution in [1.29, 1.82) is 0 Å². The van der Waals surface area contributed by atoms with Gasteiger partial charge in [0.05, 0.1) is 6.20 Å². The molecule has 0 bridgehead atoms. The largest absolute Gasteiger partial charge is 0.439 e. The van der Waals surface area contributed by atoms with Crippen LogP contribution >= 0.6 is 0 Å². The number of aryl methyl sites for hydroxylation is 1. The summed E-state index contributed by atoms with van der Waals surface area (Å²) in [7, 11) is 0. The topological polar surface area (TPSA) is 84.3 Å². The van der Waals surface area contributed by atoms with Crippen LogP contribution in [0.1, 0.15) is 16.3 Å². The van der Waals surface area contributed by atoms with Crippen LogP contribution in [-0.4, -0.2) is 56.9 Å². The van der Waals surface area contributed by atoms with Crippen LogP contribution in [0.2, 0.25) is 0 Å². The van der Waals surface area contributed by atoms with Gasteiger partial charge in [0.1, 0.15) is 23.1 Å². The van der Waals surface area contributed by atoms with E-state index in [4.69, 9.17) is 4.74 Å². The van der Waals surface area contributed by atoms with Gasteiger partial charge >= 0.3 is 0 Å². The van der Waals surface area contributed by atoms with Crippen molar-refractivity contribution in [2.75, 3.05) is 31.1 Å². The first-order chi connectivity index (χ1) is 13.7. The van der Waals surface area contributed by atoms with Crippen LogP contribution in [0.5, 0.6) is 11.6 Å². The standard InChI is InChI=1S/C20H20N6O2/c1-15-23-18(13-19(24-15)28-16-5-3-2-4-6-16)25-9-11-26(12-10-25)20(27)17-14-21-7-8-22-17/h2-8,13-14H,9-12H2,1H3. The van der Waals surface area contributed by atoms with Crippen LogP contribution in [0.3, 0.4) is 0 Å². The Hall–Kier alpha value is -3.55. The zero-order valence-electron chi connectivity index (χ0n) is 15.5. The van der Waals surface area contributed by atoms with Crippen molar-refractivity contribution in [3.63, 3.8) is 0 Å². The summed E-state index contributed by atoms with van der Waals surface area (Å²) >= 11 is 0. The Kier molecular flexibility index (Phi) is 5.09. The number of amides is 1. The van der Waals surface area contributed by atoms with Crippen LogP contribution in [0.15, 0.2) is 55.0 Å². The Balaban J connectivity index is 1.44. The van der Waals surface area contributed by atoms with E-state index in [0.717, 1.165) is 11.6 Å². The number of rotatable bonds is 4. The highest BCUT2D eigenvalue weighted by Gasteiger charge is 2.24. The molecule has 1 fully saturated rings. The second kappa shape index (κ2) is 7.99. The van der Waals surface area contributed by atoms with Gasteiger partial charge < -0.3 is 14.5 Å². The van der Waals surface area contributed by atoms with Gasteiger partial charge in [-0.15, -0.1) is 0 Å². The molecule has 0 aliphatic carbocycles. The molecule has 1 aromatic carbocycles. The number of hydrogen-bond donors (Lipinski definition) is 0. The van der Waals surface area contributed by atoms with Crippen LogP contribution in [0, 0.1) is 6.92 Å². The minimum absolute atomic E-state index is 0.0975. The third-order valence-electron chi connectivity index (χ3n) is 4.44. The molecule has 0 saturated carbocycles. The van der Waals surface area contributed by atoms with Gasteiger partial charge in [0, 0.05) is 44.6 Å². The summed E-state index contributed by atoms with van der Waals surface area (Å²) in [6.45, 7) is 4.37. The van der Waals surface area contributed by atoms with E-state index in [1.807, 2.05) is 43.3 Å². The first-order valence-corrected chi connectivity index (χ1v) is 9.08. The molecule has 3 aromatic rings. The van der Waals surface area contributed by atoms with Gasteiger partial charge in [0.15, 0.2) is 0 Å². The monoisotopic (exact) mass is 376 g/mol. The summed E-state index contributed by atoms with van der Waals surface area (Å²) in [6.07, 6.45) is 4.58. The maximum absolute atomic E-state index is 12.5. The molecule has 3 heterocycles. The highest BCUT2D eigenvalue weighted by Crippen LogP contribution is 2.24. The van der Waals surface area contributed by atoms with Gasteiger partial charge in [-0.1, -0.05) is 18.2 Å². The molecule has 2 aromatic heterocycles. The van der Waals surface area contributed by atoms with E-state index in [-0.39, 0.29) is 5.91 Å². The SMILES string of the molecule is Cc1nc(Oc2ccccc2)cc(N2CCN(C(=O)c3cnccn3)CC2)n1. The number of benzene rings is 1. The fraction of sp³-hybridized carbons (Fsp3) is 0.250. The van der Waals surface area contributed by atoms with Gasteiger partial charge in [-0.3, -0.25) is 9.78 Å². The molecule has 0 unspecified atom stereocenters. The molecule has 4 rings (SSSR count). The van der Waals surface area contributed by atoms with Gasteiger partial charge in [-0.25, -0.2) is 9.97 Å². The molecule has 0 N–H and O–H groups in total. The average molecular weight is 376 g/mol. The third-order valence-corrected chi connectivity index (χ3v) is 4.44. The molecule has 0 spiro atoms. The zero-order valence-corrected chi connectivity index (χ0v) is 15.5. The normalized spacial score (nSPS) is 14.0. The number of hydrogen-bond acceptors (Lipinski definition) is 7. The summed E-state index contributed by atoms with van der Waals surface area (Å²) in [6, 6.07) is 11.4. The van der Waals surface area contributed by atoms with Gasteiger partial charge in [0.2, 0.25) is 5.88 Å². The summed E-state index contributed by atoms with van der Waals surface area (Å²) in [5.74, 6) is 2.57. The first-order valence-electron chi connectivity index (χ1n) is 9.08. The number of anilines is 1. The number of para-hydroxylation sites is 1. The van der Waals surface area contributed by atoms with Crippen molar-refractivity contribution in [2.45, 2.75) is 6.92 Å². The van der Waals surface area contributed by atoms with Crippen LogP contribution < -0.4 is 9.64 Å². The lowest BCUT2D eigenvalue weighted by atomic mass is 10.2. The molecular formula is C20H20N6O2. The number of ether oxygens (including phenoxy) is 1. The molecular weight excluding hydrogens is 356 g/mol. The molecule has 1 amide bonds. The lowest BCUT2D eigenvalue weighted by molar-refractivity contribution is 0.0740. The van der Waals surface area contributed by atoms with Crippen molar-refractivity contribution in [3.05, 3.63) is 66.5 Å². The fourth-order valence-corrected chi connectivity index (χ4v) is 3.06. The summed E-state index contributed by atoms with van der Waals surface area (Å²) < 4.78 is 5.85. The van der Waals surface area contributed by atoms with Crippen LogP contribution in [0.4, 0.5) is 5.82 Å². The lowest BCUT2D eigenvalue weighted by Crippen LogP contribution is -2.49. The number of nitrogens with zero attached hydrogens (tertiary/aromatic N) is 6. The van der Waals surface area contributed by atoms with E-state index >= 15 is 0 Å². The molecule has 8 nitrogen and oxygen atoms in total. The van der Waals surface area contributed by atoms with E-state index < -0.39 is 0 Å². The molecule has 1 aliphatic heterocycles. The molecule has 0 radical (unpaired) electrons. The lowest BCUT2D eigenvalue weighted by Gasteiger charge is -2.35. The fourth-order valence-electron chi connectivity index (χ4n) is 3.06. The molecule has 1 saturated heterocycles. The summed E-state index contributed by atoms with van der Waals surface area (Å²) in [5.41, 5.74) is 0.368. The molecule has 28 heavy (non-hydrogen) atoms. The Morgan fingerprint density at radius 2 is 1.82 bits per heavy atom. The second-order valence-corrected chi connectivity index (χ2v) is 6.40.